The molecule has 5 rings (SSSR count). The molecule has 0 radical (unpaired) electrons. The fraction of sp³-hybridized carbons (Fsp3) is 0.192. The molecule has 0 aliphatic carbocycles. The molecule has 1 amide bonds. The Labute approximate surface area is 223 Å². The number of carbonyl (C=O) groups is 1. The number of amides is 1. The molecule has 2 heterocycles. The molecular weight excluding hydrogens is 521 g/mol. The molecular formula is C26H22Cl3N5O2. The van der Waals surface area contributed by atoms with Crippen molar-refractivity contribution in [2.45, 2.75) is 18.9 Å². The number of rotatable bonds is 5. The highest BCUT2D eigenvalue weighted by molar-refractivity contribution is 6.35. The van der Waals surface area contributed by atoms with Gasteiger partial charge in [-0.2, -0.15) is 4.98 Å². The maximum Gasteiger partial charge on any atom is 0.415 e. The Kier molecular flexibility index (Phi) is 7.32. The molecule has 2 N–H and O–H groups in total. The first-order valence-corrected chi connectivity index (χ1v) is 12.5. The van der Waals surface area contributed by atoms with E-state index in [0.29, 0.717) is 45.5 Å². The minimum absolute atomic E-state index is 0.136. The van der Waals surface area contributed by atoms with E-state index < -0.39 is 0 Å². The van der Waals surface area contributed by atoms with E-state index in [1.807, 2.05) is 24.3 Å². The summed E-state index contributed by atoms with van der Waals surface area (Å²) in [7, 11) is 0. The molecule has 184 valence electrons. The predicted octanol–water partition coefficient (Wildman–Crippen LogP) is 7.41. The van der Waals surface area contributed by atoms with Gasteiger partial charge >= 0.3 is 6.09 Å². The SMILES string of the molecule is O=C(Oc1ccc(Cl)cc1)N1CCC(Nc2nc(Nc3cc(Cl)cc(Cl)c3)nc3ccccc23)CC1. The van der Waals surface area contributed by atoms with Gasteiger partial charge in [0.25, 0.3) is 0 Å². The molecule has 1 saturated heterocycles. The van der Waals surface area contributed by atoms with E-state index in [0.717, 1.165) is 29.6 Å². The third-order valence-corrected chi connectivity index (χ3v) is 6.52. The van der Waals surface area contributed by atoms with Crippen LogP contribution in [0, 0.1) is 0 Å². The van der Waals surface area contributed by atoms with E-state index >= 15 is 0 Å². The molecule has 1 aliphatic rings. The number of carbonyl (C=O) groups excluding carboxylic acids is 1. The lowest BCUT2D eigenvalue weighted by atomic mass is 10.1. The van der Waals surface area contributed by atoms with Gasteiger partial charge in [-0.1, -0.05) is 46.9 Å². The number of hydrogen-bond donors (Lipinski definition) is 2. The fourth-order valence-corrected chi connectivity index (χ4v) is 4.72. The van der Waals surface area contributed by atoms with Crippen molar-refractivity contribution in [3.8, 4) is 5.75 Å². The van der Waals surface area contributed by atoms with Gasteiger partial charge in [0.15, 0.2) is 0 Å². The summed E-state index contributed by atoms with van der Waals surface area (Å²) in [5.74, 6) is 1.62. The first-order chi connectivity index (χ1) is 17.4. The number of para-hydroxylation sites is 1. The maximum atomic E-state index is 12.6. The molecule has 1 aromatic heterocycles. The largest absolute Gasteiger partial charge is 0.415 e. The summed E-state index contributed by atoms with van der Waals surface area (Å²) in [5, 5.41) is 9.29. The van der Waals surface area contributed by atoms with Crippen molar-refractivity contribution in [3.63, 3.8) is 0 Å². The van der Waals surface area contributed by atoms with Crippen LogP contribution in [0.15, 0.2) is 66.7 Å². The highest BCUT2D eigenvalue weighted by Crippen LogP contribution is 2.28. The zero-order chi connectivity index (χ0) is 25.1. The second kappa shape index (κ2) is 10.8. The monoisotopic (exact) mass is 541 g/mol. The first-order valence-electron chi connectivity index (χ1n) is 11.4. The van der Waals surface area contributed by atoms with E-state index in [-0.39, 0.29) is 12.1 Å². The van der Waals surface area contributed by atoms with Crippen molar-refractivity contribution in [2.75, 3.05) is 23.7 Å². The van der Waals surface area contributed by atoms with Crippen molar-refractivity contribution in [1.29, 1.82) is 0 Å². The van der Waals surface area contributed by atoms with E-state index in [4.69, 9.17) is 44.5 Å². The van der Waals surface area contributed by atoms with Gasteiger partial charge in [0.2, 0.25) is 5.95 Å². The number of nitrogens with one attached hydrogen (secondary N) is 2. The molecule has 0 bridgehead atoms. The zero-order valence-electron chi connectivity index (χ0n) is 19.0. The maximum absolute atomic E-state index is 12.6. The molecule has 1 aliphatic heterocycles. The number of anilines is 3. The highest BCUT2D eigenvalue weighted by atomic mass is 35.5. The summed E-state index contributed by atoms with van der Waals surface area (Å²) in [4.78, 5) is 23.6. The van der Waals surface area contributed by atoms with Crippen LogP contribution in [0.1, 0.15) is 12.8 Å². The van der Waals surface area contributed by atoms with Crippen molar-refractivity contribution in [1.82, 2.24) is 14.9 Å². The van der Waals surface area contributed by atoms with Gasteiger partial charge < -0.3 is 20.3 Å². The number of likely N-dealkylation sites (tertiary alicyclic amines) is 1. The average molecular weight is 543 g/mol. The van der Waals surface area contributed by atoms with Crippen LogP contribution in [-0.2, 0) is 0 Å². The molecule has 4 aromatic rings. The Balaban J connectivity index is 1.27. The van der Waals surface area contributed by atoms with E-state index in [9.17, 15) is 4.79 Å². The van der Waals surface area contributed by atoms with Crippen LogP contribution < -0.4 is 15.4 Å². The fourth-order valence-electron chi connectivity index (χ4n) is 4.07. The number of benzene rings is 3. The van der Waals surface area contributed by atoms with Gasteiger partial charge in [0.05, 0.1) is 5.52 Å². The topological polar surface area (TPSA) is 79.4 Å². The molecule has 0 saturated carbocycles. The summed E-state index contributed by atoms with van der Waals surface area (Å²) >= 11 is 18.2. The van der Waals surface area contributed by atoms with Crippen LogP contribution in [0.4, 0.5) is 22.2 Å². The minimum Gasteiger partial charge on any atom is -0.410 e. The van der Waals surface area contributed by atoms with Gasteiger partial charge in [0, 0.05) is 45.3 Å². The standard InChI is InChI=1S/C26H22Cl3N5O2/c27-16-5-7-21(8-6-16)36-26(35)34-11-9-19(10-12-34)30-24-22-3-1-2-4-23(22)32-25(33-24)31-20-14-17(28)13-18(29)15-20/h1-8,13-15,19H,9-12H2,(H2,30,31,32,33). The molecule has 0 atom stereocenters. The molecule has 0 unspecified atom stereocenters. The average Bonchev–Trinajstić information content (AvgIpc) is 2.85. The molecule has 1 fully saturated rings. The van der Waals surface area contributed by atoms with Crippen LogP contribution >= 0.6 is 34.8 Å². The van der Waals surface area contributed by atoms with Gasteiger partial charge in [-0.05, 0) is 67.4 Å². The normalized spacial score (nSPS) is 14.0. The molecule has 3 aromatic carbocycles. The number of nitrogens with zero attached hydrogens (tertiary/aromatic N) is 3. The molecule has 0 spiro atoms. The third-order valence-electron chi connectivity index (χ3n) is 5.83. The predicted molar refractivity (Wildman–Crippen MR) is 145 cm³/mol. The second-order valence-electron chi connectivity index (χ2n) is 8.42. The van der Waals surface area contributed by atoms with Gasteiger partial charge in [-0.15, -0.1) is 0 Å². The van der Waals surface area contributed by atoms with E-state index in [1.54, 1.807) is 47.4 Å². The van der Waals surface area contributed by atoms with Crippen molar-refractivity contribution >= 4 is 69.3 Å². The number of hydrogen-bond acceptors (Lipinski definition) is 6. The summed E-state index contributed by atoms with van der Waals surface area (Å²) in [6, 6.07) is 19.9. The summed E-state index contributed by atoms with van der Waals surface area (Å²) in [6.07, 6.45) is 1.14. The lowest BCUT2D eigenvalue weighted by Crippen LogP contribution is -2.43. The van der Waals surface area contributed by atoms with Gasteiger partial charge in [-0.3, -0.25) is 0 Å². The van der Waals surface area contributed by atoms with Crippen molar-refractivity contribution in [2.24, 2.45) is 0 Å². The van der Waals surface area contributed by atoms with Crippen LogP contribution in [0.25, 0.3) is 10.9 Å². The molecule has 7 nitrogen and oxygen atoms in total. The quantitative estimate of drug-likeness (QED) is 0.273. The lowest BCUT2D eigenvalue weighted by molar-refractivity contribution is 0.140. The molecule has 36 heavy (non-hydrogen) atoms. The number of ether oxygens (including phenoxy) is 1. The summed E-state index contributed by atoms with van der Waals surface area (Å²) in [5.41, 5.74) is 1.50. The third kappa shape index (κ3) is 5.93. The smallest absolute Gasteiger partial charge is 0.410 e. The Hall–Kier alpha value is -3.26. The Bertz CT molecular complexity index is 1370. The van der Waals surface area contributed by atoms with Crippen LogP contribution in [0.2, 0.25) is 15.1 Å². The van der Waals surface area contributed by atoms with Crippen molar-refractivity contribution < 1.29 is 9.53 Å². The van der Waals surface area contributed by atoms with Gasteiger partial charge in [0.1, 0.15) is 11.6 Å². The number of fused-ring (bicyclic) bond motifs is 1. The second-order valence-corrected chi connectivity index (χ2v) is 9.73. The number of halogens is 3. The number of piperidine rings is 1. The van der Waals surface area contributed by atoms with E-state index in [1.165, 1.54) is 0 Å². The lowest BCUT2D eigenvalue weighted by Gasteiger charge is -2.32. The number of aromatic nitrogens is 2. The summed E-state index contributed by atoms with van der Waals surface area (Å²) < 4.78 is 5.47. The Morgan fingerprint density at radius 1 is 0.889 bits per heavy atom. The minimum atomic E-state index is -0.366. The van der Waals surface area contributed by atoms with Crippen LogP contribution in [0.5, 0.6) is 5.75 Å². The highest BCUT2D eigenvalue weighted by Gasteiger charge is 2.25. The Morgan fingerprint density at radius 2 is 1.58 bits per heavy atom. The van der Waals surface area contributed by atoms with E-state index in [2.05, 4.69) is 15.6 Å². The Morgan fingerprint density at radius 3 is 2.31 bits per heavy atom. The molecule has 10 heteroatoms. The summed E-state index contributed by atoms with van der Waals surface area (Å²) in [6.45, 7) is 1.14. The zero-order valence-corrected chi connectivity index (χ0v) is 21.3. The first kappa shape index (κ1) is 24.4. The van der Waals surface area contributed by atoms with Crippen LogP contribution in [-0.4, -0.2) is 40.1 Å². The van der Waals surface area contributed by atoms with Crippen molar-refractivity contribution in [3.05, 3.63) is 81.8 Å². The van der Waals surface area contributed by atoms with Crippen LogP contribution in [0.3, 0.4) is 0 Å². The van der Waals surface area contributed by atoms with Gasteiger partial charge in [-0.25, -0.2) is 9.78 Å².